The van der Waals surface area contributed by atoms with Crippen LogP contribution in [-0.2, 0) is 23.6 Å². The van der Waals surface area contributed by atoms with Gasteiger partial charge in [0.15, 0.2) is 0 Å². The lowest BCUT2D eigenvalue weighted by atomic mass is 10.2. The highest BCUT2D eigenvalue weighted by atomic mass is 32.2. The van der Waals surface area contributed by atoms with Crippen molar-refractivity contribution in [3.63, 3.8) is 0 Å². The summed E-state index contributed by atoms with van der Waals surface area (Å²) in [5.41, 5.74) is 0.363. The van der Waals surface area contributed by atoms with Crippen LogP contribution in [0.4, 0.5) is 13.2 Å². The Morgan fingerprint density at radius 1 is 0.952 bits per heavy atom. The molecule has 0 saturated carbocycles. The third-order valence-electron chi connectivity index (χ3n) is 2.89. The minimum absolute atomic E-state index is 0.330. The number of benzene rings is 2. The van der Waals surface area contributed by atoms with Gasteiger partial charge < -0.3 is 0 Å². The summed E-state index contributed by atoms with van der Waals surface area (Å²) in [5.74, 6) is 0. The first-order chi connectivity index (χ1) is 9.97. The molecule has 112 valence electrons. The molecule has 2 nitrogen and oxygen atoms in total. The topological polar surface area (TPSA) is 29.1 Å². The lowest BCUT2D eigenvalue weighted by Gasteiger charge is -2.08. The highest BCUT2D eigenvalue weighted by molar-refractivity contribution is 7.83. The van der Waals surface area contributed by atoms with Crippen molar-refractivity contribution in [2.45, 2.75) is 17.5 Å². The van der Waals surface area contributed by atoms with E-state index in [9.17, 15) is 17.4 Å². The Bertz CT molecular complexity index is 597. The van der Waals surface area contributed by atoms with Crippen molar-refractivity contribution in [2.75, 3.05) is 6.54 Å². The van der Waals surface area contributed by atoms with E-state index in [1.807, 2.05) is 30.3 Å². The Balaban J connectivity index is 1.89. The van der Waals surface area contributed by atoms with Gasteiger partial charge in [-0.25, -0.2) is 8.93 Å². The summed E-state index contributed by atoms with van der Waals surface area (Å²) in [6.07, 6.45) is -3.67. The summed E-state index contributed by atoms with van der Waals surface area (Å²) in [4.78, 5) is 0.330. The number of alkyl halides is 3. The average molecular weight is 313 g/mol. The molecule has 0 aliphatic heterocycles. The van der Waals surface area contributed by atoms with Gasteiger partial charge in [0.1, 0.15) is 11.0 Å². The highest BCUT2D eigenvalue weighted by Gasteiger charge is 2.30. The van der Waals surface area contributed by atoms with Crippen LogP contribution in [0.1, 0.15) is 11.1 Å². The maximum Gasteiger partial charge on any atom is 0.416 e. The maximum absolute atomic E-state index is 12.4. The molecular formula is C15H14F3NOS. The molecule has 0 fully saturated rings. The van der Waals surface area contributed by atoms with E-state index in [2.05, 4.69) is 4.72 Å². The molecule has 0 heterocycles. The molecule has 0 aliphatic rings. The Morgan fingerprint density at radius 2 is 1.57 bits per heavy atom. The molecule has 6 heteroatoms. The zero-order chi connectivity index (χ0) is 15.3. The van der Waals surface area contributed by atoms with E-state index < -0.39 is 22.7 Å². The second-order valence-corrected chi connectivity index (χ2v) is 5.72. The molecule has 0 spiro atoms. The van der Waals surface area contributed by atoms with Crippen molar-refractivity contribution >= 4 is 11.0 Å². The first-order valence-electron chi connectivity index (χ1n) is 6.33. The molecular weight excluding hydrogens is 299 g/mol. The summed E-state index contributed by atoms with van der Waals surface area (Å²) in [5, 5.41) is 0. The summed E-state index contributed by atoms with van der Waals surface area (Å²) in [6.45, 7) is 0.484. The molecule has 2 aromatic rings. The number of rotatable bonds is 5. The summed E-state index contributed by atoms with van der Waals surface area (Å²) < 4.78 is 52.0. The van der Waals surface area contributed by atoms with Gasteiger partial charge in [-0.1, -0.05) is 30.3 Å². The minimum atomic E-state index is -4.37. The molecule has 0 saturated heterocycles. The van der Waals surface area contributed by atoms with Crippen molar-refractivity contribution in [2.24, 2.45) is 0 Å². The van der Waals surface area contributed by atoms with Gasteiger partial charge in [0, 0.05) is 6.54 Å². The summed E-state index contributed by atoms with van der Waals surface area (Å²) in [7, 11) is -1.51. The molecule has 0 bridgehead atoms. The van der Waals surface area contributed by atoms with Crippen LogP contribution in [0.25, 0.3) is 0 Å². The third-order valence-corrected chi connectivity index (χ3v) is 4.05. The quantitative estimate of drug-likeness (QED) is 0.898. The molecule has 2 aromatic carbocycles. The fourth-order valence-electron chi connectivity index (χ4n) is 1.78. The first-order valence-corrected chi connectivity index (χ1v) is 7.48. The predicted octanol–water partition coefficient (Wildman–Crippen LogP) is 3.56. The van der Waals surface area contributed by atoms with E-state index in [1.54, 1.807) is 0 Å². The molecule has 21 heavy (non-hydrogen) atoms. The smallest absolute Gasteiger partial charge is 0.238 e. The lowest BCUT2D eigenvalue weighted by molar-refractivity contribution is -0.137. The van der Waals surface area contributed by atoms with Crippen molar-refractivity contribution in [1.82, 2.24) is 4.72 Å². The van der Waals surface area contributed by atoms with Crippen molar-refractivity contribution in [3.05, 3.63) is 65.7 Å². The van der Waals surface area contributed by atoms with Gasteiger partial charge in [-0.2, -0.15) is 13.2 Å². The van der Waals surface area contributed by atoms with Crippen LogP contribution in [0, 0.1) is 0 Å². The van der Waals surface area contributed by atoms with E-state index in [0.29, 0.717) is 17.9 Å². The van der Waals surface area contributed by atoms with Gasteiger partial charge in [-0.3, -0.25) is 0 Å². The van der Waals surface area contributed by atoms with Gasteiger partial charge in [-0.05, 0) is 36.2 Å². The maximum atomic E-state index is 12.4. The Hall–Kier alpha value is -1.66. The van der Waals surface area contributed by atoms with Crippen LogP contribution >= 0.6 is 0 Å². The zero-order valence-electron chi connectivity index (χ0n) is 11.1. The standard InChI is InChI=1S/C15H14F3NOS/c16-15(17,18)13-6-8-14(9-7-13)21(20)19-11-10-12-4-2-1-3-5-12/h1-9,19H,10-11H2. The van der Waals surface area contributed by atoms with E-state index in [0.717, 1.165) is 17.7 Å². The van der Waals surface area contributed by atoms with Gasteiger partial charge in [-0.15, -0.1) is 0 Å². The molecule has 0 aromatic heterocycles. The van der Waals surface area contributed by atoms with Crippen LogP contribution in [0.5, 0.6) is 0 Å². The van der Waals surface area contributed by atoms with E-state index in [1.165, 1.54) is 12.1 Å². The van der Waals surface area contributed by atoms with Crippen LogP contribution in [0.3, 0.4) is 0 Å². The minimum Gasteiger partial charge on any atom is -0.238 e. The number of nitrogens with one attached hydrogen (secondary N) is 1. The highest BCUT2D eigenvalue weighted by Crippen LogP contribution is 2.29. The molecule has 1 N–H and O–H groups in total. The second-order valence-electron chi connectivity index (χ2n) is 4.42. The molecule has 1 atom stereocenters. The fraction of sp³-hybridized carbons (Fsp3) is 0.200. The van der Waals surface area contributed by atoms with Crippen LogP contribution in [0.15, 0.2) is 59.5 Å². The summed E-state index contributed by atoms with van der Waals surface area (Å²) in [6, 6.07) is 14.0. The van der Waals surface area contributed by atoms with Gasteiger partial charge in [0.2, 0.25) is 0 Å². The van der Waals surface area contributed by atoms with E-state index >= 15 is 0 Å². The van der Waals surface area contributed by atoms with Crippen LogP contribution < -0.4 is 4.72 Å². The number of hydrogen-bond donors (Lipinski definition) is 1. The van der Waals surface area contributed by atoms with E-state index in [-0.39, 0.29) is 0 Å². The second kappa shape index (κ2) is 6.87. The predicted molar refractivity (Wildman–Crippen MR) is 76.0 cm³/mol. The Morgan fingerprint density at radius 3 is 2.14 bits per heavy atom. The average Bonchev–Trinajstić information content (AvgIpc) is 2.47. The van der Waals surface area contributed by atoms with Crippen LogP contribution in [0.2, 0.25) is 0 Å². The van der Waals surface area contributed by atoms with Crippen molar-refractivity contribution in [1.29, 1.82) is 0 Å². The van der Waals surface area contributed by atoms with Gasteiger partial charge in [0.25, 0.3) is 0 Å². The first kappa shape index (κ1) is 15.7. The Labute approximate surface area is 123 Å². The fourth-order valence-corrected chi connectivity index (χ4v) is 2.62. The monoisotopic (exact) mass is 313 g/mol. The largest absolute Gasteiger partial charge is 0.416 e. The molecule has 0 aliphatic carbocycles. The third kappa shape index (κ3) is 4.68. The zero-order valence-corrected chi connectivity index (χ0v) is 11.9. The van der Waals surface area contributed by atoms with Crippen molar-refractivity contribution in [3.8, 4) is 0 Å². The SMILES string of the molecule is O=S(NCCc1ccccc1)c1ccc(C(F)(F)F)cc1. The van der Waals surface area contributed by atoms with E-state index in [4.69, 9.17) is 0 Å². The molecule has 1 unspecified atom stereocenters. The van der Waals surface area contributed by atoms with Gasteiger partial charge >= 0.3 is 6.18 Å². The summed E-state index contributed by atoms with van der Waals surface area (Å²) >= 11 is 0. The number of hydrogen-bond acceptors (Lipinski definition) is 1. The molecule has 0 amide bonds. The molecule has 0 radical (unpaired) electrons. The normalized spacial score (nSPS) is 13.1. The lowest BCUT2D eigenvalue weighted by Crippen LogP contribution is -2.20. The Kier molecular flexibility index (Phi) is 5.14. The van der Waals surface area contributed by atoms with Crippen molar-refractivity contribution < 1.29 is 17.4 Å². The van der Waals surface area contributed by atoms with Crippen LogP contribution in [-0.4, -0.2) is 10.8 Å². The molecule has 2 rings (SSSR count). The number of halogens is 3. The van der Waals surface area contributed by atoms with Gasteiger partial charge in [0.05, 0.1) is 10.5 Å².